The van der Waals surface area contributed by atoms with E-state index in [4.69, 9.17) is 4.74 Å². The number of piperidine rings is 2. The number of aliphatic hydroxyl groups is 1. The van der Waals surface area contributed by atoms with Crippen LogP contribution in [0.15, 0.2) is 35.9 Å². The van der Waals surface area contributed by atoms with Crippen LogP contribution in [0, 0.1) is 11.8 Å². The third kappa shape index (κ3) is 1.27. The molecule has 1 saturated carbocycles. The molecule has 4 fully saturated rings. The summed E-state index contributed by atoms with van der Waals surface area (Å²) < 4.78 is 6.20. The summed E-state index contributed by atoms with van der Waals surface area (Å²) in [6.45, 7) is 2.34. The van der Waals surface area contributed by atoms with Gasteiger partial charge in [-0.05, 0) is 30.4 Å². The zero-order chi connectivity index (χ0) is 17.3. The molecule has 134 valence electrons. The van der Waals surface area contributed by atoms with E-state index in [0.29, 0.717) is 18.9 Å². The first kappa shape index (κ1) is 14.4. The second kappa shape index (κ2) is 4.24. The SMILES string of the molecule is O=C1C[C@@H]2OCC=C3CN4CC[C@@]56c7ccccc7N1[C@H]5[C@H]2[C@H]3C[C@@]46O. The quantitative estimate of drug-likeness (QED) is 0.719. The van der Waals surface area contributed by atoms with Crippen molar-refractivity contribution in [3.63, 3.8) is 0 Å². The Morgan fingerprint density at radius 3 is 3.08 bits per heavy atom. The van der Waals surface area contributed by atoms with Gasteiger partial charge in [-0.2, -0.15) is 0 Å². The van der Waals surface area contributed by atoms with E-state index >= 15 is 0 Å². The van der Waals surface area contributed by atoms with Crippen molar-refractivity contribution in [1.82, 2.24) is 4.90 Å². The van der Waals surface area contributed by atoms with Gasteiger partial charge in [0.1, 0.15) is 5.72 Å². The van der Waals surface area contributed by atoms with Crippen molar-refractivity contribution < 1.29 is 14.6 Å². The number of nitrogens with zero attached hydrogens (tertiary/aromatic N) is 2. The molecule has 1 aliphatic carbocycles. The number of carbonyl (C=O) groups excluding carboxylic acids is 1. The van der Waals surface area contributed by atoms with E-state index in [9.17, 15) is 9.90 Å². The highest BCUT2D eigenvalue weighted by molar-refractivity contribution is 5.99. The third-order valence-electron chi connectivity index (χ3n) is 8.35. The average Bonchev–Trinajstić information content (AvgIpc) is 3.05. The number of hydrogen-bond donors (Lipinski definition) is 1. The second-order valence-electron chi connectivity index (χ2n) is 8.93. The summed E-state index contributed by atoms with van der Waals surface area (Å²) in [5.74, 6) is 0.769. The van der Waals surface area contributed by atoms with Crippen molar-refractivity contribution in [2.24, 2.45) is 11.8 Å². The summed E-state index contributed by atoms with van der Waals surface area (Å²) in [5.41, 5.74) is 2.40. The maximum absolute atomic E-state index is 13.2. The van der Waals surface area contributed by atoms with Gasteiger partial charge in [-0.1, -0.05) is 29.8 Å². The van der Waals surface area contributed by atoms with Crippen LogP contribution in [0.25, 0.3) is 0 Å². The Bertz CT molecular complexity index is 897. The summed E-state index contributed by atoms with van der Waals surface area (Å²) in [7, 11) is 0. The molecule has 1 spiro atoms. The Hall–Kier alpha value is -1.69. The van der Waals surface area contributed by atoms with Gasteiger partial charge in [0.05, 0.1) is 30.6 Å². The van der Waals surface area contributed by atoms with Gasteiger partial charge < -0.3 is 14.7 Å². The largest absolute Gasteiger partial charge is 0.375 e. The molecule has 3 saturated heterocycles. The number of carbonyl (C=O) groups is 1. The van der Waals surface area contributed by atoms with E-state index < -0.39 is 5.72 Å². The van der Waals surface area contributed by atoms with Gasteiger partial charge in [0.15, 0.2) is 0 Å². The highest BCUT2D eigenvalue weighted by Gasteiger charge is 2.76. The minimum atomic E-state index is -0.854. The van der Waals surface area contributed by atoms with E-state index in [2.05, 4.69) is 34.1 Å². The third-order valence-corrected chi connectivity index (χ3v) is 8.35. The lowest BCUT2D eigenvalue weighted by molar-refractivity contribution is -0.197. The Kier molecular flexibility index (Phi) is 2.34. The van der Waals surface area contributed by atoms with E-state index in [1.807, 2.05) is 6.07 Å². The molecule has 7 rings (SSSR count). The predicted molar refractivity (Wildman–Crippen MR) is 94.6 cm³/mol. The van der Waals surface area contributed by atoms with E-state index in [1.54, 1.807) is 0 Å². The van der Waals surface area contributed by atoms with Crippen LogP contribution < -0.4 is 4.90 Å². The van der Waals surface area contributed by atoms with Crippen LogP contribution >= 0.6 is 0 Å². The van der Waals surface area contributed by atoms with Crippen molar-refractivity contribution in [2.45, 2.75) is 42.5 Å². The molecule has 0 aromatic heterocycles. The minimum absolute atomic E-state index is 0.0155. The topological polar surface area (TPSA) is 53.0 Å². The van der Waals surface area contributed by atoms with Gasteiger partial charge in [0.25, 0.3) is 0 Å². The van der Waals surface area contributed by atoms with Gasteiger partial charge >= 0.3 is 0 Å². The molecule has 2 bridgehead atoms. The van der Waals surface area contributed by atoms with Gasteiger partial charge in [0.2, 0.25) is 5.91 Å². The van der Waals surface area contributed by atoms with Crippen molar-refractivity contribution in [2.75, 3.05) is 24.6 Å². The summed E-state index contributed by atoms with van der Waals surface area (Å²) >= 11 is 0. The van der Waals surface area contributed by atoms with Gasteiger partial charge in [-0.15, -0.1) is 0 Å². The van der Waals surface area contributed by atoms with E-state index in [-0.39, 0.29) is 29.4 Å². The van der Waals surface area contributed by atoms with Crippen LogP contribution in [0.5, 0.6) is 0 Å². The Morgan fingerprint density at radius 1 is 1.27 bits per heavy atom. The lowest BCUT2D eigenvalue weighted by atomic mass is 9.52. The molecule has 5 nitrogen and oxygen atoms in total. The fraction of sp³-hybridized carbons (Fsp3) is 0.571. The Balaban J connectivity index is 1.58. The zero-order valence-electron chi connectivity index (χ0n) is 14.6. The van der Waals surface area contributed by atoms with Crippen molar-refractivity contribution in [3.05, 3.63) is 41.5 Å². The van der Waals surface area contributed by atoms with Gasteiger partial charge in [-0.25, -0.2) is 0 Å². The zero-order valence-corrected chi connectivity index (χ0v) is 14.6. The maximum Gasteiger partial charge on any atom is 0.229 e. The van der Waals surface area contributed by atoms with Crippen LogP contribution in [-0.4, -0.2) is 53.5 Å². The summed E-state index contributed by atoms with van der Waals surface area (Å²) in [5, 5.41) is 12.1. The highest BCUT2D eigenvalue weighted by Crippen LogP contribution is 2.68. The molecule has 6 aliphatic rings. The number of rotatable bonds is 0. The molecule has 6 atom stereocenters. The number of anilines is 1. The van der Waals surface area contributed by atoms with Crippen molar-refractivity contribution in [3.8, 4) is 0 Å². The summed E-state index contributed by atoms with van der Waals surface area (Å²) in [6, 6.07) is 8.32. The molecule has 1 amide bonds. The molecular weight excluding hydrogens is 328 g/mol. The number of benzene rings is 1. The molecule has 0 radical (unpaired) electrons. The highest BCUT2D eigenvalue weighted by atomic mass is 16.5. The Morgan fingerprint density at radius 2 is 2.15 bits per heavy atom. The van der Waals surface area contributed by atoms with Crippen LogP contribution in [0.3, 0.4) is 0 Å². The number of fused-ring (bicyclic) bond motifs is 2. The predicted octanol–water partition coefficient (Wildman–Crippen LogP) is 1.41. The van der Waals surface area contributed by atoms with Crippen LogP contribution in [0.4, 0.5) is 5.69 Å². The van der Waals surface area contributed by atoms with Crippen LogP contribution in [0.1, 0.15) is 24.8 Å². The Labute approximate surface area is 152 Å². The molecule has 0 unspecified atom stereocenters. The maximum atomic E-state index is 13.2. The van der Waals surface area contributed by atoms with Crippen LogP contribution in [-0.2, 0) is 14.9 Å². The van der Waals surface area contributed by atoms with E-state index in [1.165, 1.54) is 11.1 Å². The number of para-hydroxylation sites is 1. The van der Waals surface area contributed by atoms with Crippen LogP contribution in [0.2, 0.25) is 0 Å². The fourth-order valence-electron chi connectivity index (χ4n) is 7.53. The molecule has 1 N–H and O–H groups in total. The smallest absolute Gasteiger partial charge is 0.229 e. The molecule has 5 aliphatic heterocycles. The van der Waals surface area contributed by atoms with Gasteiger partial charge in [0, 0.05) is 24.7 Å². The number of ether oxygens (including phenoxy) is 1. The summed E-state index contributed by atoms with van der Waals surface area (Å²) in [6.07, 6.45) is 4.36. The minimum Gasteiger partial charge on any atom is -0.375 e. The van der Waals surface area contributed by atoms with Crippen molar-refractivity contribution >= 4 is 11.6 Å². The monoisotopic (exact) mass is 350 g/mol. The lowest BCUT2D eigenvalue weighted by Gasteiger charge is -2.62. The van der Waals surface area contributed by atoms with Gasteiger partial charge in [-0.3, -0.25) is 9.69 Å². The number of amides is 1. The number of hydrogen-bond acceptors (Lipinski definition) is 4. The molecule has 1 aromatic rings. The molecule has 26 heavy (non-hydrogen) atoms. The first-order valence-electron chi connectivity index (χ1n) is 9.85. The summed E-state index contributed by atoms with van der Waals surface area (Å²) in [4.78, 5) is 17.5. The normalized spacial score (nSPS) is 47.5. The molecular formula is C21H22N2O3. The molecule has 1 aromatic carbocycles. The first-order valence-corrected chi connectivity index (χ1v) is 9.85. The van der Waals surface area contributed by atoms with Crippen molar-refractivity contribution in [1.29, 1.82) is 0 Å². The van der Waals surface area contributed by atoms with E-state index in [0.717, 1.165) is 31.6 Å². The molecule has 5 heterocycles. The fourth-order valence-corrected chi connectivity index (χ4v) is 7.53. The second-order valence-corrected chi connectivity index (χ2v) is 8.93. The lowest BCUT2D eigenvalue weighted by Crippen LogP contribution is -2.74. The average molecular weight is 350 g/mol. The standard InChI is InChI=1S/C21H22N2O3/c24-17-9-16-18-13-10-21(25)20(6-7-22(21)11-12(13)5-8-26-16)14-3-1-2-4-15(14)23(17)19(18)20/h1-5,13,16,18-19,25H,6-11H2/t13-,16-,18-,19-,20+,21-/m0/s1. The molecule has 5 heteroatoms. The first-order chi connectivity index (χ1) is 12.6.